The lowest BCUT2D eigenvalue weighted by atomic mass is 10.1. The molecule has 0 aliphatic rings. The first-order valence-electron chi connectivity index (χ1n) is 7.93. The van der Waals surface area contributed by atoms with Gasteiger partial charge in [-0.3, -0.25) is 4.57 Å². The van der Waals surface area contributed by atoms with Crippen LogP contribution in [0.25, 0.3) is 5.69 Å². The van der Waals surface area contributed by atoms with Crippen molar-refractivity contribution in [3.8, 4) is 11.6 Å². The van der Waals surface area contributed by atoms with Gasteiger partial charge in [0, 0.05) is 24.0 Å². The molecule has 1 N–H and O–H groups in total. The minimum atomic E-state index is 0.290. The molecule has 3 rings (SSSR count). The second-order valence-electron chi connectivity index (χ2n) is 5.65. The summed E-state index contributed by atoms with van der Waals surface area (Å²) >= 11 is 0. The lowest BCUT2D eigenvalue weighted by Crippen LogP contribution is -2.28. The number of ether oxygens (including phenoxy) is 1. The minimum Gasteiger partial charge on any atom is -0.481 e. The maximum atomic E-state index is 5.17. The van der Waals surface area contributed by atoms with Crippen molar-refractivity contribution >= 4 is 0 Å². The van der Waals surface area contributed by atoms with E-state index < -0.39 is 0 Å². The standard InChI is InChI=1S/C18H21N5O/c1-14(10-15-8-9-19-18(11-15)24-2)20-12-17-22-21-13-23(17)16-6-4-3-5-7-16/h3-9,11,13-14,20H,10,12H2,1-2H3. The number of aromatic nitrogens is 4. The van der Waals surface area contributed by atoms with E-state index in [0.29, 0.717) is 12.4 Å². The van der Waals surface area contributed by atoms with Gasteiger partial charge < -0.3 is 10.1 Å². The Bertz CT molecular complexity index is 772. The number of hydrogen-bond acceptors (Lipinski definition) is 5. The van der Waals surface area contributed by atoms with Gasteiger partial charge >= 0.3 is 0 Å². The summed E-state index contributed by atoms with van der Waals surface area (Å²) in [5.74, 6) is 1.53. The van der Waals surface area contributed by atoms with E-state index in [1.54, 1.807) is 19.6 Å². The fourth-order valence-corrected chi connectivity index (χ4v) is 2.56. The van der Waals surface area contributed by atoms with Crippen LogP contribution >= 0.6 is 0 Å². The number of pyridine rings is 1. The van der Waals surface area contributed by atoms with E-state index in [1.807, 2.05) is 47.0 Å². The van der Waals surface area contributed by atoms with E-state index in [0.717, 1.165) is 17.9 Å². The van der Waals surface area contributed by atoms with Crippen LogP contribution in [0.4, 0.5) is 0 Å². The molecule has 124 valence electrons. The molecule has 0 spiro atoms. The Labute approximate surface area is 141 Å². The average molecular weight is 323 g/mol. The summed E-state index contributed by atoms with van der Waals surface area (Å²) in [6.45, 7) is 2.80. The molecular formula is C18H21N5O. The molecule has 0 aliphatic heterocycles. The molecule has 1 aromatic carbocycles. The van der Waals surface area contributed by atoms with Gasteiger partial charge in [-0.25, -0.2) is 4.98 Å². The normalized spacial score (nSPS) is 12.1. The number of hydrogen-bond donors (Lipinski definition) is 1. The molecule has 2 heterocycles. The van der Waals surface area contributed by atoms with Crippen molar-refractivity contribution < 1.29 is 4.74 Å². The van der Waals surface area contributed by atoms with Gasteiger partial charge in [0.15, 0.2) is 5.82 Å². The molecule has 1 atom stereocenters. The summed E-state index contributed by atoms with van der Waals surface area (Å²) in [5.41, 5.74) is 2.25. The van der Waals surface area contributed by atoms with Crippen LogP contribution in [0.5, 0.6) is 5.88 Å². The summed E-state index contributed by atoms with van der Waals surface area (Å²) in [6, 6.07) is 14.4. The Morgan fingerprint density at radius 2 is 2.04 bits per heavy atom. The topological polar surface area (TPSA) is 64.9 Å². The van der Waals surface area contributed by atoms with Crippen LogP contribution in [-0.2, 0) is 13.0 Å². The molecule has 1 unspecified atom stereocenters. The first-order chi connectivity index (χ1) is 11.8. The van der Waals surface area contributed by atoms with Crippen LogP contribution in [-0.4, -0.2) is 32.9 Å². The predicted octanol–water partition coefficient (Wildman–Crippen LogP) is 2.39. The number of rotatable bonds is 7. The fraction of sp³-hybridized carbons (Fsp3) is 0.278. The molecule has 0 bridgehead atoms. The first kappa shape index (κ1) is 16.1. The monoisotopic (exact) mass is 323 g/mol. The Kier molecular flexibility index (Phi) is 5.18. The van der Waals surface area contributed by atoms with Crippen molar-refractivity contribution in [2.24, 2.45) is 0 Å². The highest BCUT2D eigenvalue weighted by Crippen LogP contribution is 2.12. The van der Waals surface area contributed by atoms with E-state index >= 15 is 0 Å². The van der Waals surface area contributed by atoms with Gasteiger partial charge in [0.25, 0.3) is 0 Å². The lowest BCUT2D eigenvalue weighted by molar-refractivity contribution is 0.397. The minimum absolute atomic E-state index is 0.290. The SMILES string of the molecule is COc1cc(CC(C)NCc2nncn2-c2ccccc2)ccn1. The third-order valence-corrected chi connectivity index (χ3v) is 3.81. The van der Waals surface area contributed by atoms with Crippen LogP contribution in [0, 0.1) is 0 Å². The van der Waals surface area contributed by atoms with Crippen molar-refractivity contribution in [3.05, 3.63) is 66.4 Å². The van der Waals surface area contributed by atoms with Gasteiger partial charge in [-0.1, -0.05) is 18.2 Å². The first-order valence-corrected chi connectivity index (χ1v) is 7.93. The number of para-hydroxylation sites is 1. The molecule has 0 saturated carbocycles. The van der Waals surface area contributed by atoms with E-state index in [-0.39, 0.29) is 6.04 Å². The molecule has 6 heteroatoms. The zero-order valence-corrected chi connectivity index (χ0v) is 13.9. The summed E-state index contributed by atoms with van der Waals surface area (Å²) in [4.78, 5) is 4.13. The van der Waals surface area contributed by atoms with Crippen molar-refractivity contribution in [2.75, 3.05) is 7.11 Å². The van der Waals surface area contributed by atoms with Crippen LogP contribution in [0.3, 0.4) is 0 Å². The second-order valence-corrected chi connectivity index (χ2v) is 5.65. The maximum absolute atomic E-state index is 5.17. The molecular weight excluding hydrogens is 302 g/mol. The molecule has 0 aliphatic carbocycles. The van der Waals surface area contributed by atoms with E-state index in [1.165, 1.54) is 5.56 Å². The number of nitrogens with zero attached hydrogens (tertiary/aromatic N) is 4. The Balaban J connectivity index is 1.61. The van der Waals surface area contributed by atoms with Gasteiger partial charge in [-0.2, -0.15) is 0 Å². The van der Waals surface area contributed by atoms with Crippen LogP contribution in [0.15, 0.2) is 55.0 Å². The highest BCUT2D eigenvalue weighted by molar-refractivity contribution is 5.32. The van der Waals surface area contributed by atoms with E-state index in [2.05, 4.69) is 27.4 Å². The predicted molar refractivity (Wildman–Crippen MR) is 92.2 cm³/mol. The largest absolute Gasteiger partial charge is 0.481 e. The molecule has 2 aromatic heterocycles. The van der Waals surface area contributed by atoms with Crippen molar-refractivity contribution in [1.29, 1.82) is 0 Å². The Hall–Kier alpha value is -2.73. The number of benzene rings is 1. The van der Waals surface area contributed by atoms with Gasteiger partial charge in [0.2, 0.25) is 5.88 Å². The number of nitrogens with one attached hydrogen (secondary N) is 1. The fourth-order valence-electron chi connectivity index (χ4n) is 2.56. The van der Waals surface area contributed by atoms with Gasteiger partial charge in [-0.15, -0.1) is 10.2 Å². The third-order valence-electron chi connectivity index (χ3n) is 3.81. The maximum Gasteiger partial charge on any atom is 0.213 e. The lowest BCUT2D eigenvalue weighted by Gasteiger charge is -2.14. The van der Waals surface area contributed by atoms with Crippen molar-refractivity contribution in [2.45, 2.75) is 25.9 Å². The summed E-state index contributed by atoms with van der Waals surface area (Å²) in [7, 11) is 1.63. The quantitative estimate of drug-likeness (QED) is 0.723. The van der Waals surface area contributed by atoms with Gasteiger partial charge in [-0.05, 0) is 37.1 Å². The summed E-state index contributed by atoms with van der Waals surface area (Å²) in [6.07, 6.45) is 4.40. The molecule has 0 fully saturated rings. The Morgan fingerprint density at radius 3 is 2.83 bits per heavy atom. The molecule has 0 saturated heterocycles. The van der Waals surface area contributed by atoms with Crippen molar-refractivity contribution in [1.82, 2.24) is 25.1 Å². The highest BCUT2D eigenvalue weighted by atomic mass is 16.5. The molecule has 24 heavy (non-hydrogen) atoms. The van der Waals surface area contributed by atoms with Crippen LogP contribution in [0.2, 0.25) is 0 Å². The molecule has 0 amide bonds. The molecule has 6 nitrogen and oxygen atoms in total. The highest BCUT2D eigenvalue weighted by Gasteiger charge is 2.09. The van der Waals surface area contributed by atoms with Gasteiger partial charge in [0.1, 0.15) is 6.33 Å². The van der Waals surface area contributed by atoms with Gasteiger partial charge in [0.05, 0.1) is 13.7 Å². The Morgan fingerprint density at radius 1 is 1.21 bits per heavy atom. The third kappa shape index (κ3) is 3.97. The molecule has 3 aromatic rings. The van der Waals surface area contributed by atoms with Crippen LogP contribution in [0.1, 0.15) is 18.3 Å². The van der Waals surface area contributed by atoms with E-state index in [4.69, 9.17) is 4.74 Å². The zero-order valence-electron chi connectivity index (χ0n) is 13.9. The second kappa shape index (κ2) is 7.70. The van der Waals surface area contributed by atoms with E-state index in [9.17, 15) is 0 Å². The van der Waals surface area contributed by atoms with Crippen LogP contribution < -0.4 is 10.1 Å². The summed E-state index contributed by atoms with van der Waals surface area (Å²) < 4.78 is 7.16. The average Bonchev–Trinajstić information content (AvgIpc) is 3.09. The summed E-state index contributed by atoms with van der Waals surface area (Å²) in [5, 5.41) is 11.7. The smallest absolute Gasteiger partial charge is 0.213 e. The zero-order chi connectivity index (χ0) is 16.8. The number of methoxy groups -OCH3 is 1. The molecule has 0 radical (unpaired) electrons. The van der Waals surface area contributed by atoms with Crippen molar-refractivity contribution in [3.63, 3.8) is 0 Å².